The maximum atomic E-state index is 12.9. The molecule has 8 nitrogen and oxygen atoms in total. The fraction of sp³-hybridized carbons (Fsp3) is 0.192. The molecule has 3 rings (SSSR count). The smallest absolute Gasteiger partial charge is 0.257 e. The zero-order valence-electron chi connectivity index (χ0n) is 20.0. The second kappa shape index (κ2) is 11.8. The number of benzene rings is 3. The van der Waals surface area contributed by atoms with E-state index in [-0.39, 0.29) is 16.6 Å². The Morgan fingerprint density at radius 2 is 1.51 bits per heavy atom. The average Bonchev–Trinajstić information content (AvgIpc) is 2.87. The number of methoxy groups -OCH3 is 3. The Hall–Kier alpha value is -4.11. The molecule has 0 bridgehead atoms. The van der Waals surface area contributed by atoms with Crippen LogP contribution >= 0.6 is 12.2 Å². The van der Waals surface area contributed by atoms with Crippen LogP contribution in [0, 0.1) is 0 Å². The molecule has 0 unspecified atom stereocenters. The number of thiocarbonyl (C=S) groups is 1. The number of nitrogens with one attached hydrogen (secondary N) is 2. The number of nitrogens with zero attached hydrogens (tertiary/aromatic N) is 1. The Kier molecular flexibility index (Phi) is 8.63. The summed E-state index contributed by atoms with van der Waals surface area (Å²) in [5.74, 6) is 0.482. The average molecular weight is 494 g/mol. The maximum absolute atomic E-state index is 12.9. The van der Waals surface area contributed by atoms with Crippen LogP contribution in [-0.4, -0.2) is 50.2 Å². The molecule has 3 aromatic carbocycles. The number of rotatable bonds is 8. The van der Waals surface area contributed by atoms with Crippen LogP contribution in [0.2, 0.25) is 0 Å². The highest BCUT2D eigenvalue weighted by molar-refractivity contribution is 7.80. The maximum Gasteiger partial charge on any atom is 0.257 e. The van der Waals surface area contributed by atoms with Crippen molar-refractivity contribution < 1.29 is 23.8 Å². The van der Waals surface area contributed by atoms with Gasteiger partial charge in [0.1, 0.15) is 0 Å². The lowest BCUT2D eigenvalue weighted by Crippen LogP contribution is -2.34. The van der Waals surface area contributed by atoms with Crippen molar-refractivity contribution in [3.8, 4) is 17.2 Å². The lowest BCUT2D eigenvalue weighted by molar-refractivity contribution is 0.0785. The summed E-state index contributed by atoms with van der Waals surface area (Å²) in [5, 5.41) is 5.65. The van der Waals surface area contributed by atoms with Gasteiger partial charge in [-0.25, -0.2) is 0 Å². The number of amides is 2. The highest BCUT2D eigenvalue weighted by atomic mass is 32.1. The van der Waals surface area contributed by atoms with E-state index in [0.717, 1.165) is 5.56 Å². The SMILES string of the molecule is COc1cc(C(=O)NC(=S)Nc2cccc(C(=O)N(C)Cc3ccccc3)c2)cc(OC)c1OC. The standard InChI is InChI=1S/C26H27N3O5S/c1-29(16-17-9-6-5-7-10-17)25(31)18-11-8-12-20(13-18)27-26(35)28-24(30)19-14-21(32-2)23(34-4)22(15-19)33-3/h5-15H,16H2,1-4H3,(H2,27,28,30,35). The van der Waals surface area contributed by atoms with Gasteiger partial charge in [0.2, 0.25) is 5.75 Å². The highest BCUT2D eigenvalue weighted by Gasteiger charge is 2.18. The summed E-state index contributed by atoms with van der Waals surface area (Å²) in [7, 11) is 6.17. The highest BCUT2D eigenvalue weighted by Crippen LogP contribution is 2.38. The lowest BCUT2D eigenvalue weighted by Gasteiger charge is -2.18. The molecule has 9 heteroatoms. The van der Waals surface area contributed by atoms with Gasteiger partial charge in [-0.2, -0.15) is 0 Å². The molecule has 0 atom stereocenters. The summed E-state index contributed by atoms with van der Waals surface area (Å²) >= 11 is 5.31. The molecule has 0 aromatic heterocycles. The minimum atomic E-state index is -0.462. The molecule has 3 aromatic rings. The van der Waals surface area contributed by atoms with Crippen molar-refractivity contribution in [2.45, 2.75) is 6.54 Å². The molecule has 0 fully saturated rings. The molecule has 2 N–H and O–H groups in total. The number of carbonyl (C=O) groups is 2. The zero-order valence-corrected chi connectivity index (χ0v) is 20.8. The first-order valence-corrected chi connectivity index (χ1v) is 11.1. The van der Waals surface area contributed by atoms with Crippen LogP contribution in [-0.2, 0) is 6.54 Å². The predicted molar refractivity (Wildman–Crippen MR) is 138 cm³/mol. The summed E-state index contributed by atoms with van der Waals surface area (Å²) < 4.78 is 15.9. The van der Waals surface area contributed by atoms with Crippen LogP contribution in [0.3, 0.4) is 0 Å². The molecule has 35 heavy (non-hydrogen) atoms. The van der Waals surface area contributed by atoms with E-state index in [1.165, 1.54) is 33.5 Å². The van der Waals surface area contributed by atoms with Gasteiger partial charge in [-0.3, -0.25) is 14.9 Å². The number of carbonyl (C=O) groups excluding carboxylic acids is 2. The molecule has 0 aliphatic heterocycles. The second-order valence-corrected chi connectivity index (χ2v) is 7.96. The van der Waals surface area contributed by atoms with Crippen molar-refractivity contribution in [1.82, 2.24) is 10.2 Å². The van der Waals surface area contributed by atoms with Crippen LogP contribution in [0.5, 0.6) is 17.2 Å². The van der Waals surface area contributed by atoms with Gasteiger partial charge < -0.3 is 24.4 Å². The van der Waals surface area contributed by atoms with E-state index in [0.29, 0.717) is 35.0 Å². The van der Waals surface area contributed by atoms with E-state index >= 15 is 0 Å². The molecule has 0 radical (unpaired) electrons. The van der Waals surface area contributed by atoms with Gasteiger partial charge in [-0.1, -0.05) is 36.4 Å². The first kappa shape index (κ1) is 25.5. The van der Waals surface area contributed by atoms with Crippen molar-refractivity contribution in [3.63, 3.8) is 0 Å². The molecule has 0 saturated carbocycles. The Balaban J connectivity index is 1.67. The summed E-state index contributed by atoms with van der Waals surface area (Å²) in [6.07, 6.45) is 0. The topological polar surface area (TPSA) is 89.1 Å². The monoisotopic (exact) mass is 493 g/mol. The number of anilines is 1. The molecule has 0 aliphatic carbocycles. The van der Waals surface area contributed by atoms with Crippen LogP contribution in [0.15, 0.2) is 66.7 Å². The minimum absolute atomic E-state index is 0.0750. The molecule has 182 valence electrons. The summed E-state index contributed by atoms with van der Waals surface area (Å²) in [4.78, 5) is 27.3. The Labute approximate surface area is 209 Å². The predicted octanol–water partition coefficient (Wildman–Crippen LogP) is 4.11. The van der Waals surface area contributed by atoms with E-state index in [1.807, 2.05) is 30.3 Å². The van der Waals surface area contributed by atoms with Gasteiger partial charge in [0.05, 0.1) is 21.3 Å². The molecular weight excluding hydrogens is 466 g/mol. The van der Waals surface area contributed by atoms with Gasteiger partial charge in [0.15, 0.2) is 16.6 Å². The van der Waals surface area contributed by atoms with Crippen LogP contribution < -0.4 is 24.8 Å². The molecule has 0 aliphatic rings. The Bertz CT molecular complexity index is 1190. The van der Waals surface area contributed by atoms with Gasteiger partial charge >= 0.3 is 0 Å². The number of hydrogen-bond donors (Lipinski definition) is 2. The third-order valence-electron chi connectivity index (χ3n) is 5.13. The number of ether oxygens (including phenoxy) is 3. The Morgan fingerprint density at radius 1 is 0.857 bits per heavy atom. The first-order valence-electron chi connectivity index (χ1n) is 10.7. The van der Waals surface area contributed by atoms with Crippen molar-refractivity contribution in [2.75, 3.05) is 33.7 Å². The summed E-state index contributed by atoms with van der Waals surface area (Å²) in [6.45, 7) is 0.487. The Morgan fingerprint density at radius 3 is 2.11 bits per heavy atom. The lowest BCUT2D eigenvalue weighted by atomic mass is 10.1. The van der Waals surface area contributed by atoms with Crippen LogP contribution in [0.25, 0.3) is 0 Å². The summed E-state index contributed by atoms with van der Waals surface area (Å²) in [5.41, 5.74) is 2.37. The molecular formula is C26H27N3O5S. The van der Waals surface area contributed by atoms with E-state index in [9.17, 15) is 9.59 Å². The van der Waals surface area contributed by atoms with Crippen LogP contribution in [0.1, 0.15) is 26.3 Å². The van der Waals surface area contributed by atoms with E-state index in [2.05, 4.69) is 10.6 Å². The largest absolute Gasteiger partial charge is 0.493 e. The van der Waals surface area contributed by atoms with Gasteiger partial charge in [-0.15, -0.1) is 0 Å². The third kappa shape index (κ3) is 6.48. The van der Waals surface area contributed by atoms with Gasteiger partial charge in [-0.05, 0) is 48.1 Å². The van der Waals surface area contributed by atoms with E-state index < -0.39 is 5.91 Å². The normalized spacial score (nSPS) is 10.2. The first-order chi connectivity index (χ1) is 16.9. The van der Waals surface area contributed by atoms with Crippen LogP contribution in [0.4, 0.5) is 5.69 Å². The van der Waals surface area contributed by atoms with Gasteiger partial charge in [0.25, 0.3) is 11.8 Å². The quantitative estimate of drug-likeness (QED) is 0.457. The van der Waals surface area contributed by atoms with Crippen molar-refractivity contribution in [1.29, 1.82) is 0 Å². The molecule has 0 spiro atoms. The molecule has 0 heterocycles. The van der Waals surface area contributed by atoms with E-state index in [1.54, 1.807) is 36.2 Å². The fourth-order valence-corrected chi connectivity index (χ4v) is 3.64. The fourth-order valence-electron chi connectivity index (χ4n) is 3.43. The van der Waals surface area contributed by atoms with Crippen molar-refractivity contribution in [3.05, 3.63) is 83.4 Å². The molecule has 0 saturated heterocycles. The van der Waals surface area contributed by atoms with Crippen molar-refractivity contribution in [2.24, 2.45) is 0 Å². The number of hydrogen-bond acceptors (Lipinski definition) is 6. The van der Waals surface area contributed by atoms with E-state index in [4.69, 9.17) is 26.4 Å². The van der Waals surface area contributed by atoms with Crippen molar-refractivity contribution >= 4 is 34.8 Å². The summed E-state index contributed by atoms with van der Waals surface area (Å²) in [6, 6.07) is 19.7. The third-order valence-corrected chi connectivity index (χ3v) is 5.33. The zero-order chi connectivity index (χ0) is 25.4. The molecule has 2 amide bonds. The minimum Gasteiger partial charge on any atom is -0.493 e. The van der Waals surface area contributed by atoms with Gasteiger partial charge in [0, 0.05) is 30.4 Å². The second-order valence-electron chi connectivity index (χ2n) is 7.55.